The monoisotopic (exact) mass is 135 g/mol. The van der Waals surface area contributed by atoms with E-state index in [9.17, 15) is 4.39 Å². The summed E-state index contributed by atoms with van der Waals surface area (Å²) in [5, 5.41) is 11.0. The summed E-state index contributed by atoms with van der Waals surface area (Å²) >= 11 is 0. The first-order valence-electron chi connectivity index (χ1n) is 3.07. The molecule has 0 aromatic heterocycles. The first-order chi connectivity index (χ1) is 4.06. The van der Waals surface area contributed by atoms with Crippen molar-refractivity contribution in [2.45, 2.75) is 19.5 Å². The van der Waals surface area contributed by atoms with Gasteiger partial charge in [0, 0.05) is 13.1 Å². The van der Waals surface area contributed by atoms with Gasteiger partial charge in [0.05, 0.1) is 6.61 Å². The summed E-state index contributed by atoms with van der Waals surface area (Å²) in [4.78, 5) is 0. The predicted molar refractivity (Wildman–Crippen MR) is 35.1 cm³/mol. The van der Waals surface area contributed by atoms with Crippen LogP contribution in [0.15, 0.2) is 0 Å². The highest BCUT2D eigenvalue weighted by Crippen LogP contribution is 2.04. The van der Waals surface area contributed by atoms with Crippen LogP contribution in [0.1, 0.15) is 13.8 Å². The van der Waals surface area contributed by atoms with Crippen LogP contribution in [-0.2, 0) is 0 Å². The summed E-state index contributed by atoms with van der Waals surface area (Å²) in [5.74, 6) is 0. The lowest BCUT2D eigenvalue weighted by molar-refractivity contribution is 0.202. The average molecular weight is 135 g/mol. The molecule has 0 fully saturated rings. The van der Waals surface area contributed by atoms with Crippen LogP contribution in [0, 0.1) is 0 Å². The Morgan fingerprint density at radius 2 is 2.11 bits per heavy atom. The van der Waals surface area contributed by atoms with Gasteiger partial charge in [-0.15, -0.1) is 0 Å². The Balaban J connectivity index is 3.07. The molecule has 0 atom stereocenters. The maximum Gasteiger partial charge on any atom is 0.117 e. The molecule has 2 N–H and O–H groups in total. The highest BCUT2D eigenvalue weighted by atomic mass is 19.1. The lowest BCUT2D eigenvalue weighted by atomic mass is 10.2. The zero-order chi connectivity index (χ0) is 7.33. The smallest absolute Gasteiger partial charge is 0.117 e. The third kappa shape index (κ3) is 7.85. The van der Waals surface area contributed by atoms with Gasteiger partial charge in [-0.05, 0) is 13.8 Å². The van der Waals surface area contributed by atoms with Crippen molar-refractivity contribution >= 4 is 0 Å². The average Bonchev–Trinajstić information content (AvgIpc) is 1.63. The molecule has 3 heteroatoms. The first kappa shape index (κ1) is 8.85. The molecular weight excluding hydrogens is 121 g/mol. The van der Waals surface area contributed by atoms with E-state index >= 15 is 0 Å². The molecule has 0 aliphatic rings. The van der Waals surface area contributed by atoms with Gasteiger partial charge in [0.1, 0.15) is 5.67 Å². The van der Waals surface area contributed by atoms with Gasteiger partial charge in [0.25, 0.3) is 0 Å². The van der Waals surface area contributed by atoms with Gasteiger partial charge < -0.3 is 10.4 Å². The molecule has 56 valence electrons. The number of halogens is 1. The van der Waals surface area contributed by atoms with E-state index in [1.165, 1.54) is 13.8 Å². The van der Waals surface area contributed by atoms with Gasteiger partial charge >= 0.3 is 0 Å². The van der Waals surface area contributed by atoms with Crippen LogP contribution < -0.4 is 5.32 Å². The zero-order valence-corrected chi connectivity index (χ0v) is 5.95. The van der Waals surface area contributed by atoms with Crippen molar-refractivity contribution < 1.29 is 9.50 Å². The zero-order valence-electron chi connectivity index (χ0n) is 5.95. The molecule has 0 rings (SSSR count). The van der Waals surface area contributed by atoms with E-state index in [-0.39, 0.29) is 6.61 Å². The van der Waals surface area contributed by atoms with Crippen LogP contribution >= 0.6 is 0 Å². The molecule has 2 nitrogen and oxygen atoms in total. The molecule has 0 amide bonds. The van der Waals surface area contributed by atoms with Crippen LogP contribution in [0.25, 0.3) is 0 Å². The Labute approximate surface area is 55.1 Å². The Kier molecular flexibility index (Phi) is 3.73. The molecule has 0 heterocycles. The minimum Gasteiger partial charge on any atom is -0.395 e. The lowest BCUT2D eigenvalue weighted by Gasteiger charge is -2.13. The molecule has 9 heavy (non-hydrogen) atoms. The summed E-state index contributed by atoms with van der Waals surface area (Å²) in [6.45, 7) is 3.83. The van der Waals surface area contributed by atoms with E-state index in [1.807, 2.05) is 0 Å². The van der Waals surface area contributed by atoms with Crippen molar-refractivity contribution in [3.63, 3.8) is 0 Å². The van der Waals surface area contributed by atoms with Crippen LogP contribution in [0.2, 0.25) is 0 Å². The van der Waals surface area contributed by atoms with Crippen molar-refractivity contribution in [2.75, 3.05) is 19.7 Å². The molecular formula is C6H14FNO. The summed E-state index contributed by atoms with van der Waals surface area (Å²) in [6, 6.07) is 0. The third-order valence-electron chi connectivity index (χ3n) is 0.834. The number of hydrogen-bond acceptors (Lipinski definition) is 2. The van der Waals surface area contributed by atoms with Gasteiger partial charge in [0.2, 0.25) is 0 Å². The Morgan fingerprint density at radius 3 is 2.44 bits per heavy atom. The fourth-order valence-electron chi connectivity index (χ4n) is 0.465. The van der Waals surface area contributed by atoms with Crippen molar-refractivity contribution in [3.05, 3.63) is 0 Å². The molecule has 0 saturated heterocycles. The van der Waals surface area contributed by atoms with E-state index < -0.39 is 5.67 Å². The van der Waals surface area contributed by atoms with Gasteiger partial charge in [0.15, 0.2) is 0 Å². The Morgan fingerprint density at radius 1 is 1.56 bits per heavy atom. The minimum atomic E-state index is -1.17. The van der Waals surface area contributed by atoms with E-state index in [0.29, 0.717) is 13.1 Å². The molecule has 0 aromatic rings. The maximum absolute atomic E-state index is 12.6. The number of aliphatic hydroxyl groups excluding tert-OH is 1. The van der Waals surface area contributed by atoms with Crippen molar-refractivity contribution in [1.29, 1.82) is 0 Å². The largest absolute Gasteiger partial charge is 0.395 e. The first-order valence-corrected chi connectivity index (χ1v) is 3.07. The quantitative estimate of drug-likeness (QED) is 0.544. The second-order valence-electron chi connectivity index (χ2n) is 2.62. The molecule has 0 aliphatic heterocycles. The summed E-state index contributed by atoms with van der Waals surface area (Å²) in [7, 11) is 0. The second kappa shape index (κ2) is 3.80. The molecule has 0 spiro atoms. The normalized spacial score (nSPS) is 12.0. The maximum atomic E-state index is 12.6. The SMILES string of the molecule is CC(C)(F)CNCCO. The van der Waals surface area contributed by atoms with Crippen molar-refractivity contribution in [3.8, 4) is 0 Å². The molecule has 0 bridgehead atoms. The van der Waals surface area contributed by atoms with Crippen LogP contribution in [0.4, 0.5) is 4.39 Å². The van der Waals surface area contributed by atoms with E-state index in [1.54, 1.807) is 0 Å². The summed E-state index contributed by atoms with van der Waals surface area (Å²) in [6.07, 6.45) is 0. The number of rotatable bonds is 4. The molecule has 0 aromatic carbocycles. The fourth-order valence-corrected chi connectivity index (χ4v) is 0.465. The number of alkyl halides is 1. The predicted octanol–water partition coefficient (Wildman–Crippen LogP) is 0.316. The Bertz CT molecular complexity index is 69.9. The molecule has 0 radical (unpaired) electrons. The van der Waals surface area contributed by atoms with Crippen molar-refractivity contribution in [2.24, 2.45) is 0 Å². The molecule has 0 aliphatic carbocycles. The summed E-state index contributed by atoms with van der Waals surface area (Å²) < 4.78 is 12.6. The van der Waals surface area contributed by atoms with E-state index in [4.69, 9.17) is 5.11 Å². The summed E-state index contributed by atoms with van der Waals surface area (Å²) in [5.41, 5.74) is -1.17. The lowest BCUT2D eigenvalue weighted by Crippen LogP contribution is -2.32. The Hall–Kier alpha value is -0.150. The van der Waals surface area contributed by atoms with E-state index in [0.717, 1.165) is 0 Å². The van der Waals surface area contributed by atoms with E-state index in [2.05, 4.69) is 5.32 Å². The van der Waals surface area contributed by atoms with Gasteiger partial charge in [-0.2, -0.15) is 0 Å². The highest BCUT2D eigenvalue weighted by molar-refractivity contribution is 4.68. The van der Waals surface area contributed by atoms with Crippen LogP contribution in [-0.4, -0.2) is 30.5 Å². The number of nitrogens with one attached hydrogen (secondary N) is 1. The number of aliphatic hydroxyl groups is 1. The standard InChI is InChI=1S/C6H14FNO/c1-6(2,7)5-8-3-4-9/h8-9H,3-5H2,1-2H3. The highest BCUT2D eigenvalue weighted by Gasteiger charge is 2.13. The third-order valence-corrected chi connectivity index (χ3v) is 0.834. The topological polar surface area (TPSA) is 32.3 Å². The van der Waals surface area contributed by atoms with Crippen LogP contribution in [0.5, 0.6) is 0 Å². The minimum absolute atomic E-state index is 0.0656. The van der Waals surface area contributed by atoms with Crippen LogP contribution in [0.3, 0.4) is 0 Å². The fraction of sp³-hybridized carbons (Fsp3) is 1.00. The molecule has 0 saturated carbocycles. The van der Waals surface area contributed by atoms with Crippen molar-refractivity contribution in [1.82, 2.24) is 5.32 Å². The van der Waals surface area contributed by atoms with Gasteiger partial charge in [-0.3, -0.25) is 0 Å². The molecule has 0 unspecified atom stereocenters. The van der Waals surface area contributed by atoms with Gasteiger partial charge in [-0.1, -0.05) is 0 Å². The second-order valence-corrected chi connectivity index (χ2v) is 2.62. The number of hydrogen-bond donors (Lipinski definition) is 2. The van der Waals surface area contributed by atoms with Gasteiger partial charge in [-0.25, -0.2) is 4.39 Å².